The van der Waals surface area contributed by atoms with Crippen molar-refractivity contribution in [3.8, 4) is 0 Å². The number of nitrogens with one attached hydrogen (secondary N) is 1. The second-order valence-electron chi connectivity index (χ2n) is 6.22. The summed E-state index contributed by atoms with van der Waals surface area (Å²) in [5.41, 5.74) is 3.20. The van der Waals surface area contributed by atoms with Crippen LogP contribution in [0.15, 0.2) is 24.3 Å². The standard InChI is InChI=1S/C19H31N/c1-3-5-6-7-15-19(20-4-2)18-14-9-8-13-17(18)16-11-10-12-16/h8-9,13-14,16,19-20H,3-7,10-12,15H2,1-2H3. The van der Waals surface area contributed by atoms with E-state index in [4.69, 9.17) is 0 Å². The van der Waals surface area contributed by atoms with Gasteiger partial charge in [-0.1, -0.05) is 70.2 Å². The molecule has 1 aliphatic rings. The molecule has 1 atom stereocenters. The minimum atomic E-state index is 0.564. The Morgan fingerprint density at radius 2 is 1.90 bits per heavy atom. The van der Waals surface area contributed by atoms with E-state index < -0.39 is 0 Å². The molecule has 1 aliphatic carbocycles. The summed E-state index contributed by atoms with van der Waals surface area (Å²) in [6, 6.07) is 9.73. The highest BCUT2D eigenvalue weighted by Gasteiger charge is 2.24. The molecule has 20 heavy (non-hydrogen) atoms. The van der Waals surface area contributed by atoms with E-state index in [2.05, 4.69) is 43.4 Å². The molecule has 1 unspecified atom stereocenters. The van der Waals surface area contributed by atoms with Gasteiger partial charge in [-0.05, 0) is 42.9 Å². The van der Waals surface area contributed by atoms with Crippen LogP contribution in [0.5, 0.6) is 0 Å². The minimum Gasteiger partial charge on any atom is -0.310 e. The van der Waals surface area contributed by atoms with Gasteiger partial charge in [-0.3, -0.25) is 0 Å². The smallest absolute Gasteiger partial charge is 0.0322 e. The molecule has 1 N–H and O–H groups in total. The van der Waals surface area contributed by atoms with Gasteiger partial charge in [-0.15, -0.1) is 0 Å². The fraction of sp³-hybridized carbons (Fsp3) is 0.684. The fourth-order valence-corrected chi connectivity index (χ4v) is 3.31. The molecular weight excluding hydrogens is 242 g/mol. The summed E-state index contributed by atoms with van der Waals surface area (Å²) in [6.07, 6.45) is 10.9. The van der Waals surface area contributed by atoms with Gasteiger partial charge in [0.05, 0.1) is 0 Å². The highest BCUT2D eigenvalue weighted by atomic mass is 14.9. The molecule has 1 fully saturated rings. The van der Waals surface area contributed by atoms with Crippen LogP contribution < -0.4 is 5.32 Å². The summed E-state index contributed by atoms with van der Waals surface area (Å²) in [7, 11) is 0. The molecule has 0 aliphatic heterocycles. The van der Waals surface area contributed by atoms with Crippen LogP contribution >= 0.6 is 0 Å². The predicted octanol–water partition coefficient (Wildman–Crippen LogP) is 5.58. The fourth-order valence-electron chi connectivity index (χ4n) is 3.31. The molecule has 0 aromatic heterocycles. The molecule has 0 amide bonds. The van der Waals surface area contributed by atoms with Gasteiger partial charge in [0, 0.05) is 6.04 Å². The Bertz CT molecular complexity index is 381. The molecule has 0 saturated heterocycles. The topological polar surface area (TPSA) is 12.0 Å². The lowest BCUT2D eigenvalue weighted by atomic mass is 9.76. The molecule has 1 aromatic rings. The van der Waals surface area contributed by atoms with Gasteiger partial charge in [0.1, 0.15) is 0 Å². The molecule has 0 radical (unpaired) electrons. The van der Waals surface area contributed by atoms with E-state index in [1.54, 1.807) is 11.1 Å². The van der Waals surface area contributed by atoms with E-state index in [0.29, 0.717) is 6.04 Å². The highest BCUT2D eigenvalue weighted by molar-refractivity contribution is 5.34. The Morgan fingerprint density at radius 1 is 1.10 bits per heavy atom. The van der Waals surface area contributed by atoms with Crippen molar-refractivity contribution in [1.29, 1.82) is 0 Å². The van der Waals surface area contributed by atoms with Gasteiger partial charge in [-0.25, -0.2) is 0 Å². The third-order valence-corrected chi connectivity index (χ3v) is 4.71. The summed E-state index contributed by atoms with van der Waals surface area (Å²) in [5, 5.41) is 3.72. The van der Waals surface area contributed by atoms with Crippen LogP contribution in [0.3, 0.4) is 0 Å². The quantitative estimate of drug-likeness (QED) is 0.579. The summed E-state index contributed by atoms with van der Waals surface area (Å²) in [5.74, 6) is 0.836. The zero-order valence-corrected chi connectivity index (χ0v) is 13.3. The van der Waals surface area contributed by atoms with Crippen LogP contribution in [0.4, 0.5) is 0 Å². The molecular formula is C19H31N. The minimum absolute atomic E-state index is 0.564. The Hall–Kier alpha value is -0.820. The summed E-state index contributed by atoms with van der Waals surface area (Å²) >= 11 is 0. The molecule has 0 heterocycles. The third kappa shape index (κ3) is 4.09. The first kappa shape index (κ1) is 15.6. The average molecular weight is 273 g/mol. The molecule has 0 bridgehead atoms. The number of unbranched alkanes of at least 4 members (excludes halogenated alkanes) is 3. The van der Waals surface area contributed by atoms with Gasteiger partial charge >= 0.3 is 0 Å². The van der Waals surface area contributed by atoms with Crippen LogP contribution in [0.2, 0.25) is 0 Å². The zero-order valence-electron chi connectivity index (χ0n) is 13.3. The summed E-state index contributed by atoms with van der Waals surface area (Å²) in [4.78, 5) is 0. The average Bonchev–Trinajstić information content (AvgIpc) is 2.41. The van der Waals surface area contributed by atoms with Crippen molar-refractivity contribution in [2.24, 2.45) is 0 Å². The van der Waals surface area contributed by atoms with E-state index in [9.17, 15) is 0 Å². The van der Waals surface area contributed by atoms with Crippen molar-refractivity contribution < 1.29 is 0 Å². The maximum absolute atomic E-state index is 3.72. The Kier molecular flexibility index (Phi) is 6.59. The zero-order chi connectivity index (χ0) is 14.2. The summed E-state index contributed by atoms with van der Waals surface area (Å²) in [6.45, 7) is 5.58. The Labute approximate surface area is 125 Å². The maximum Gasteiger partial charge on any atom is 0.0322 e. The van der Waals surface area contributed by atoms with Crippen molar-refractivity contribution in [3.63, 3.8) is 0 Å². The van der Waals surface area contributed by atoms with E-state index in [-0.39, 0.29) is 0 Å². The van der Waals surface area contributed by atoms with Crippen LogP contribution in [0.1, 0.15) is 88.3 Å². The number of hydrogen-bond acceptors (Lipinski definition) is 1. The Morgan fingerprint density at radius 3 is 2.55 bits per heavy atom. The van der Waals surface area contributed by atoms with Crippen molar-refractivity contribution in [2.45, 2.75) is 77.2 Å². The van der Waals surface area contributed by atoms with Gasteiger partial charge in [0.25, 0.3) is 0 Å². The highest BCUT2D eigenvalue weighted by Crippen LogP contribution is 2.40. The van der Waals surface area contributed by atoms with Crippen molar-refractivity contribution in [2.75, 3.05) is 6.54 Å². The van der Waals surface area contributed by atoms with Crippen LogP contribution in [0.25, 0.3) is 0 Å². The number of hydrogen-bond donors (Lipinski definition) is 1. The van der Waals surface area contributed by atoms with Crippen molar-refractivity contribution in [1.82, 2.24) is 5.32 Å². The SMILES string of the molecule is CCCCCCC(NCC)c1ccccc1C1CCC1. The lowest BCUT2D eigenvalue weighted by Gasteiger charge is -2.31. The van der Waals surface area contributed by atoms with Gasteiger partial charge < -0.3 is 5.32 Å². The van der Waals surface area contributed by atoms with Gasteiger partial charge in [0.15, 0.2) is 0 Å². The van der Waals surface area contributed by atoms with Crippen molar-refractivity contribution in [3.05, 3.63) is 35.4 Å². The van der Waals surface area contributed by atoms with Gasteiger partial charge in [-0.2, -0.15) is 0 Å². The molecule has 1 heteroatoms. The third-order valence-electron chi connectivity index (χ3n) is 4.71. The second-order valence-corrected chi connectivity index (χ2v) is 6.22. The maximum atomic E-state index is 3.72. The van der Waals surface area contributed by atoms with E-state index in [1.165, 1.54) is 51.4 Å². The molecule has 112 valence electrons. The number of benzene rings is 1. The lowest BCUT2D eigenvalue weighted by Crippen LogP contribution is -2.23. The molecule has 1 aromatic carbocycles. The van der Waals surface area contributed by atoms with E-state index in [1.807, 2.05) is 0 Å². The lowest BCUT2D eigenvalue weighted by molar-refractivity contribution is 0.407. The van der Waals surface area contributed by atoms with Crippen molar-refractivity contribution >= 4 is 0 Å². The van der Waals surface area contributed by atoms with E-state index in [0.717, 1.165) is 12.5 Å². The number of rotatable bonds is 9. The molecule has 0 spiro atoms. The predicted molar refractivity (Wildman–Crippen MR) is 88.2 cm³/mol. The Balaban J connectivity index is 2.03. The largest absolute Gasteiger partial charge is 0.310 e. The monoisotopic (exact) mass is 273 g/mol. The van der Waals surface area contributed by atoms with Crippen LogP contribution in [-0.4, -0.2) is 6.54 Å². The van der Waals surface area contributed by atoms with Gasteiger partial charge in [0.2, 0.25) is 0 Å². The first-order chi connectivity index (χ1) is 9.86. The molecule has 1 saturated carbocycles. The normalized spacial score (nSPS) is 16.9. The second kappa shape index (κ2) is 8.46. The van der Waals surface area contributed by atoms with E-state index >= 15 is 0 Å². The first-order valence-electron chi connectivity index (χ1n) is 8.69. The molecule has 2 rings (SSSR count). The summed E-state index contributed by atoms with van der Waals surface area (Å²) < 4.78 is 0. The molecule has 1 nitrogen and oxygen atoms in total. The van der Waals surface area contributed by atoms with Crippen LogP contribution in [-0.2, 0) is 0 Å². The first-order valence-corrected chi connectivity index (χ1v) is 8.69. The van der Waals surface area contributed by atoms with Crippen LogP contribution in [0, 0.1) is 0 Å².